The molecule has 6 heteroatoms. The van der Waals surface area contributed by atoms with E-state index in [-0.39, 0.29) is 29.5 Å². The number of rotatable bonds is 16. The lowest BCUT2D eigenvalue weighted by Gasteiger charge is -2.47. The van der Waals surface area contributed by atoms with E-state index in [1.54, 1.807) is 0 Å². The fourth-order valence-electron chi connectivity index (χ4n) is 6.47. The summed E-state index contributed by atoms with van der Waals surface area (Å²) >= 11 is 0. The van der Waals surface area contributed by atoms with E-state index in [4.69, 9.17) is 4.74 Å². The van der Waals surface area contributed by atoms with E-state index in [2.05, 4.69) is 112 Å². The number of likely N-dealkylation sites (N-methyl/N-ethyl adjacent to an activating group) is 1. The van der Waals surface area contributed by atoms with Gasteiger partial charge in [-0.05, 0) is 97.9 Å². The molecule has 1 saturated heterocycles. The number of unbranched alkanes of at least 4 members (excludes halogenated alkanes) is 2. The molecule has 3 atom stereocenters. The van der Waals surface area contributed by atoms with Crippen molar-refractivity contribution in [2.45, 2.75) is 104 Å². The molecule has 1 aliphatic carbocycles. The summed E-state index contributed by atoms with van der Waals surface area (Å²) in [6.45, 7) is 16.8. The molecule has 42 heavy (non-hydrogen) atoms. The van der Waals surface area contributed by atoms with Gasteiger partial charge in [0.25, 0.3) is 0 Å². The topological polar surface area (TPSA) is 39.3 Å². The third-order valence-corrected chi connectivity index (χ3v) is 9.51. The minimum Gasteiger partial charge on any atom is -0.471 e. The molecule has 1 aromatic carbocycles. The van der Waals surface area contributed by atoms with Crippen LogP contribution < -0.4 is 0 Å². The van der Waals surface area contributed by atoms with Crippen molar-refractivity contribution in [1.82, 2.24) is 19.6 Å². The lowest BCUT2D eigenvalue weighted by atomic mass is 9.78. The SMILES string of the molecule is C=C(OC(c1ccccc1)C(C)(C)CCCC)N1CCN(C(=O)[C@@H](CCCCN(C)C)N(C)C)[C@H](C(C)=C2CCC2)C1. The molecule has 1 saturated carbocycles. The highest BCUT2D eigenvalue weighted by molar-refractivity contribution is 5.82. The molecule has 0 spiro atoms. The van der Waals surface area contributed by atoms with E-state index in [0.717, 1.165) is 64.0 Å². The Morgan fingerprint density at radius 3 is 2.33 bits per heavy atom. The van der Waals surface area contributed by atoms with Gasteiger partial charge in [-0.3, -0.25) is 9.69 Å². The van der Waals surface area contributed by atoms with Crippen molar-refractivity contribution in [3.8, 4) is 0 Å². The van der Waals surface area contributed by atoms with E-state index in [1.807, 2.05) is 0 Å². The number of carbonyl (C=O) groups is 1. The maximum Gasteiger partial charge on any atom is 0.240 e. The van der Waals surface area contributed by atoms with Gasteiger partial charge in [0, 0.05) is 25.0 Å². The molecule has 0 N–H and O–H groups in total. The first-order chi connectivity index (χ1) is 20.0. The summed E-state index contributed by atoms with van der Waals surface area (Å²) in [7, 11) is 8.33. The van der Waals surface area contributed by atoms with Crippen molar-refractivity contribution in [2.75, 3.05) is 54.4 Å². The second-order valence-electron chi connectivity index (χ2n) is 13.8. The van der Waals surface area contributed by atoms with Crippen LogP contribution in [-0.4, -0.2) is 92.0 Å². The van der Waals surface area contributed by atoms with Crippen LogP contribution in [0, 0.1) is 5.41 Å². The Labute approximate surface area is 257 Å². The predicted octanol–water partition coefficient (Wildman–Crippen LogP) is 7.11. The smallest absolute Gasteiger partial charge is 0.240 e. The Morgan fingerprint density at radius 2 is 1.76 bits per heavy atom. The Morgan fingerprint density at radius 1 is 1.07 bits per heavy atom. The average molecular weight is 581 g/mol. The van der Waals surface area contributed by atoms with E-state index < -0.39 is 0 Å². The van der Waals surface area contributed by atoms with Crippen molar-refractivity contribution in [3.63, 3.8) is 0 Å². The van der Waals surface area contributed by atoms with Gasteiger partial charge in [0.05, 0.1) is 12.1 Å². The van der Waals surface area contributed by atoms with E-state index >= 15 is 0 Å². The highest BCUT2D eigenvalue weighted by atomic mass is 16.5. The zero-order valence-electron chi connectivity index (χ0n) is 28.1. The van der Waals surface area contributed by atoms with Crippen LogP contribution in [0.5, 0.6) is 0 Å². The number of carbonyl (C=O) groups excluding carboxylic acids is 1. The standard InChI is InChI=1S/C36H60N4O2/c1-10-11-23-36(4,5)34(31-18-13-12-14-19-31)42-29(3)39-25-26-40(33(27-39)28(2)30-20-17-21-30)35(41)32(38(8)9)22-15-16-24-37(6)7/h12-14,18-19,32-34H,3,10-11,15-17,20-27H2,1-2,4-9H3/t32-,33+,34?/m1/s1. The van der Waals surface area contributed by atoms with Gasteiger partial charge in [-0.2, -0.15) is 0 Å². The number of ether oxygens (including phenoxy) is 1. The minimum absolute atomic E-state index is 0.0349. The summed E-state index contributed by atoms with van der Waals surface area (Å²) in [5, 5.41) is 0. The van der Waals surface area contributed by atoms with Crippen molar-refractivity contribution >= 4 is 5.91 Å². The zero-order chi connectivity index (χ0) is 30.9. The van der Waals surface area contributed by atoms with Gasteiger partial charge in [0.15, 0.2) is 5.88 Å². The number of amides is 1. The van der Waals surface area contributed by atoms with Gasteiger partial charge in [-0.25, -0.2) is 0 Å². The number of hydrogen-bond donors (Lipinski definition) is 0. The normalized spacial score (nSPS) is 19.1. The average Bonchev–Trinajstić information content (AvgIpc) is 2.93. The molecule has 6 nitrogen and oxygen atoms in total. The fourth-order valence-corrected chi connectivity index (χ4v) is 6.47. The maximum absolute atomic E-state index is 14.2. The second kappa shape index (κ2) is 16.0. The summed E-state index contributed by atoms with van der Waals surface area (Å²) in [5.74, 6) is 0.993. The molecule has 2 fully saturated rings. The number of piperazine rings is 1. The Bertz CT molecular complexity index is 1030. The monoisotopic (exact) mass is 580 g/mol. The van der Waals surface area contributed by atoms with Gasteiger partial charge in [0.2, 0.25) is 5.91 Å². The molecule has 236 valence electrons. The molecule has 1 aromatic rings. The van der Waals surface area contributed by atoms with E-state index in [9.17, 15) is 4.79 Å². The number of hydrogen-bond acceptors (Lipinski definition) is 5. The maximum atomic E-state index is 14.2. The number of benzene rings is 1. The van der Waals surface area contributed by atoms with Crippen molar-refractivity contribution < 1.29 is 9.53 Å². The Balaban J connectivity index is 1.80. The van der Waals surface area contributed by atoms with Gasteiger partial charge < -0.3 is 19.4 Å². The molecule has 0 bridgehead atoms. The highest BCUT2D eigenvalue weighted by Gasteiger charge is 2.39. The first-order valence-corrected chi connectivity index (χ1v) is 16.4. The third-order valence-electron chi connectivity index (χ3n) is 9.51. The lowest BCUT2D eigenvalue weighted by Crippen LogP contribution is -2.59. The van der Waals surface area contributed by atoms with E-state index in [1.165, 1.54) is 36.0 Å². The van der Waals surface area contributed by atoms with Crippen LogP contribution in [0.4, 0.5) is 0 Å². The van der Waals surface area contributed by atoms with Gasteiger partial charge in [0.1, 0.15) is 6.10 Å². The predicted molar refractivity (Wildman–Crippen MR) is 176 cm³/mol. The van der Waals surface area contributed by atoms with E-state index in [0.29, 0.717) is 6.54 Å². The van der Waals surface area contributed by atoms with Crippen LogP contribution in [0.15, 0.2) is 53.9 Å². The van der Waals surface area contributed by atoms with Crippen LogP contribution in [0.3, 0.4) is 0 Å². The Kier molecular flexibility index (Phi) is 13.0. The molecule has 1 amide bonds. The first-order valence-electron chi connectivity index (χ1n) is 16.4. The summed E-state index contributed by atoms with van der Waals surface area (Å²) in [6, 6.07) is 10.6. The summed E-state index contributed by atoms with van der Waals surface area (Å²) in [5.41, 5.74) is 4.06. The quantitative estimate of drug-likeness (QED) is 0.118. The fraction of sp³-hybridized carbons (Fsp3) is 0.694. The van der Waals surface area contributed by atoms with Crippen molar-refractivity contribution in [1.29, 1.82) is 0 Å². The van der Waals surface area contributed by atoms with Crippen LogP contribution >= 0.6 is 0 Å². The molecule has 2 aliphatic rings. The second-order valence-corrected chi connectivity index (χ2v) is 13.8. The van der Waals surface area contributed by atoms with Crippen LogP contribution in [0.2, 0.25) is 0 Å². The summed E-state index contributed by atoms with van der Waals surface area (Å²) < 4.78 is 6.83. The summed E-state index contributed by atoms with van der Waals surface area (Å²) in [6.07, 6.45) is 9.97. The van der Waals surface area contributed by atoms with Crippen LogP contribution in [-0.2, 0) is 9.53 Å². The lowest BCUT2D eigenvalue weighted by molar-refractivity contribution is -0.141. The van der Waals surface area contributed by atoms with Crippen LogP contribution in [0.1, 0.15) is 97.1 Å². The minimum atomic E-state index is -0.0957. The third kappa shape index (κ3) is 9.09. The Hall–Kier alpha value is -2.31. The first kappa shape index (κ1) is 34.2. The van der Waals surface area contributed by atoms with Gasteiger partial charge >= 0.3 is 0 Å². The van der Waals surface area contributed by atoms with Crippen molar-refractivity contribution in [3.05, 3.63) is 59.5 Å². The van der Waals surface area contributed by atoms with Crippen molar-refractivity contribution in [2.24, 2.45) is 5.41 Å². The molecule has 1 heterocycles. The van der Waals surface area contributed by atoms with Gasteiger partial charge in [-0.1, -0.05) is 75.9 Å². The number of nitrogens with zero attached hydrogens (tertiary/aromatic N) is 4. The van der Waals surface area contributed by atoms with Gasteiger partial charge in [-0.15, -0.1) is 0 Å². The molecular weight excluding hydrogens is 520 g/mol. The molecule has 0 aromatic heterocycles. The molecule has 1 aliphatic heterocycles. The summed E-state index contributed by atoms with van der Waals surface area (Å²) in [4.78, 5) is 23.0. The zero-order valence-corrected chi connectivity index (χ0v) is 28.1. The highest BCUT2D eigenvalue weighted by Crippen LogP contribution is 2.42. The molecular formula is C36H60N4O2. The molecule has 0 radical (unpaired) electrons. The largest absolute Gasteiger partial charge is 0.471 e. The number of allylic oxidation sites excluding steroid dienone is 1. The van der Waals surface area contributed by atoms with Crippen LogP contribution in [0.25, 0.3) is 0 Å². The molecule has 3 rings (SSSR count). The molecule has 1 unspecified atom stereocenters.